The maximum absolute atomic E-state index is 11.5. The van der Waals surface area contributed by atoms with Crippen molar-refractivity contribution in [3.05, 3.63) is 34.8 Å². The number of hydrogen-bond acceptors (Lipinski definition) is 5. The lowest BCUT2D eigenvalue weighted by Crippen LogP contribution is -2.34. The zero-order chi connectivity index (χ0) is 18.2. The SMILES string of the molecule is Cc1nc([C@@H]2CCCN(Cc3cc(C(N)=O)oc3C(C)(C)C)C2)n[nH]1. The Morgan fingerprint density at radius 1 is 1.48 bits per heavy atom. The molecule has 136 valence electrons. The van der Waals surface area contributed by atoms with Gasteiger partial charge in [-0.2, -0.15) is 5.10 Å². The van der Waals surface area contributed by atoms with E-state index < -0.39 is 5.91 Å². The highest BCUT2D eigenvalue weighted by molar-refractivity contribution is 5.90. The molecule has 0 radical (unpaired) electrons. The molecule has 1 aliphatic heterocycles. The predicted octanol–water partition coefficient (Wildman–Crippen LogP) is 2.48. The second-order valence-electron chi connectivity index (χ2n) is 7.93. The largest absolute Gasteiger partial charge is 0.455 e. The van der Waals surface area contributed by atoms with E-state index in [0.717, 1.165) is 55.4 Å². The minimum atomic E-state index is -0.524. The quantitative estimate of drug-likeness (QED) is 0.886. The monoisotopic (exact) mass is 345 g/mol. The van der Waals surface area contributed by atoms with Crippen molar-refractivity contribution in [1.29, 1.82) is 0 Å². The minimum absolute atomic E-state index is 0.181. The number of carbonyl (C=O) groups excluding carboxylic acids is 1. The predicted molar refractivity (Wildman–Crippen MR) is 94.3 cm³/mol. The Morgan fingerprint density at radius 3 is 2.84 bits per heavy atom. The number of primary amides is 1. The summed E-state index contributed by atoms with van der Waals surface area (Å²) in [5.74, 6) is 2.62. The van der Waals surface area contributed by atoms with E-state index in [9.17, 15) is 4.79 Å². The number of aromatic amines is 1. The number of H-pyrrole nitrogens is 1. The van der Waals surface area contributed by atoms with Gasteiger partial charge in [0.2, 0.25) is 0 Å². The molecular formula is C18H27N5O2. The van der Waals surface area contributed by atoms with Crippen LogP contribution in [0.4, 0.5) is 0 Å². The van der Waals surface area contributed by atoms with Gasteiger partial charge in [0.05, 0.1) is 0 Å². The van der Waals surface area contributed by atoms with Crippen molar-refractivity contribution in [2.75, 3.05) is 13.1 Å². The molecule has 0 unspecified atom stereocenters. The molecular weight excluding hydrogens is 318 g/mol. The Morgan fingerprint density at radius 2 is 2.24 bits per heavy atom. The number of nitrogens with zero attached hydrogens (tertiary/aromatic N) is 3. The van der Waals surface area contributed by atoms with E-state index in [1.54, 1.807) is 6.07 Å². The third-order valence-electron chi connectivity index (χ3n) is 4.61. The average Bonchev–Trinajstić information content (AvgIpc) is 3.14. The summed E-state index contributed by atoms with van der Waals surface area (Å²) in [5, 5.41) is 7.25. The number of furan rings is 1. The third kappa shape index (κ3) is 3.92. The Kier molecular flexibility index (Phi) is 4.69. The van der Waals surface area contributed by atoms with Crippen LogP contribution >= 0.6 is 0 Å². The molecule has 1 saturated heterocycles. The van der Waals surface area contributed by atoms with Crippen LogP contribution in [0, 0.1) is 6.92 Å². The van der Waals surface area contributed by atoms with Gasteiger partial charge in [0.15, 0.2) is 11.6 Å². The normalized spacial score (nSPS) is 19.3. The van der Waals surface area contributed by atoms with Crippen LogP contribution in [-0.4, -0.2) is 39.1 Å². The summed E-state index contributed by atoms with van der Waals surface area (Å²) in [5.41, 5.74) is 6.26. The van der Waals surface area contributed by atoms with Gasteiger partial charge >= 0.3 is 0 Å². The zero-order valence-corrected chi connectivity index (χ0v) is 15.4. The van der Waals surface area contributed by atoms with E-state index in [1.807, 2.05) is 6.92 Å². The Hall–Kier alpha value is -2.15. The van der Waals surface area contributed by atoms with Crippen LogP contribution < -0.4 is 5.73 Å². The Balaban J connectivity index is 1.78. The maximum Gasteiger partial charge on any atom is 0.284 e. The second-order valence-corrected chi connectivity index (χ2v) is 7.93. The molecule has 1 fully saturated rings. The molecule has 2 aromatic rings. The number of nitrogens with two attached hydrogens (primary N) is 1. The third-order valence-corrected chi connectivity index (χ3v) is 4.61. The first-order valence-corrected chi connectivity index (χ1v) is 8.78. The topological polar surface area (TPSA) is 101 Å². The number of amides is 1. The smallest absolute Gasteiger partial charge is 0.284 e. The zero-order valence-electron chi connectivity index (χ0n) is 15.4. The fourth-order valence-corrected chi connectivity index (χ4v) is 3.50. The second kappa shape index (κ2) is 6.63. The molecule has 3 N–H and O–H groups in total. The first kappa shape index (κ1) is 17.7. The van der Waals surface area contributed by atoms with Gasteiger partial charge in [-0.1, -0.05) is 20.8 Å². The summed E-state index contributed by atoms with van der Waals surface area (Å²) in [7, 11) is 0. The van der Waals surface area contributed by atoms with Gasteiger partial charge < -0.3 is 10.2 Å². The summed E-state index contributed by atoms with van der Waals surface area (Å²) in [6.45, 7) is 10.8. The lowest BCUT2D eigenvalue weighted by atomic mass is 9.90. The van der Waals surface area contributed by atoms with Crippen LogP contribution in [0.15, 0.2) is 10.5 Å². The van der Waals surface area contributed by atoms with Crippen LogP contribution in [0.25, 0.3) is 0 Å². The molecule has 2 aromatic heterocycles. The van der Waals surface area contributed by atoms with Gasteiger partial charge in [0.1, 0.15) is 11.6 Å². The van der Waals surface area contributed by atoms with Crippen molar-refractivity contribution in [1.82, 2.24) is 20.1 Å². The van der Waals surface area contributed by atoms with E-state index in [0.29, 0.717) is 5.92 Å². The number of hydrogen-bond donors (Lipinski definition) is 2. The molecule has 0 bridgehead atoms. The molecule has 0 aromatic carbocycles. The van der Waals surface area contributed by atoms with Crippen LogP contribution in [-0.2, 0) is 12.0 Å². The van der Waals surface area contributed by atoms with Crippen molar-refractivity contribution in [2.45, 2.75) is 58.4 Å². The molecule has 0 saturated carbocycles. The van der Waals surface area contributed by atoms with Crippen LogP contribution in [0.5, 0.6) is 0 Å². The van der Waals surface area contributed by atoms with E-state index in [4.69, 9.17) is 10.2 Å². The number of rotatable bonds is 4. The number of likely N-dealkylation sites (tertiary alicyclic amines) is 1. The van der Waals surface area contributed by atoms with Crippen molar-refractivity contribution >= 4 is 5.91 Å². The van der Waals surface area contributed by atoms with Crippen molar-refractivity contribution in [3.63, 3.8) is 0 Å². The highest BCUT2D eigenvalue weighted by atomic mass is 16.4. The highest BCUT2D eigenvalue weighted by Crippen LogP contribution is 2.32. The van der Waals surface area contributed by atoms with Crippen LogP contribution in [0.2, 0.25) is 0 Å². The van der Waals surface area contributed by atoms with Crippen LogP contribution in [0.1, 0.15) is 73.1 Å². The minimum Gasteiger partial charge on any atom is -0.455 e. The fourth-order valence-electron chi connectivity index (χ4n) is 3.50. The fraction of sp³-hybridized carbons (Fsp3) is 0.611. The molecule has 0 aliphatic carbocycles. The molecule has 7 nitrogen and oxygen atoms in total. The molecule has 0 spiro atoms. The maximum atomic E-state index is 11.5. The summed E-state index contributed by atoms with van der Waals surface area (Å²) < 4.78 is 5.77. The molecule has 3 heterocycles. The lowest BCUT2D eigenvalue weighted by molar-refractivity contribution is 0.0970. The van der Waals surface area contributed by atoms with Gasteiger partial charge in [0.25, 0.3) is 5.91 Å². The van der Waals surface area contributed by atoms with Crippen LogP contribution in [0.3, 0.4) is 0 Å². The van der Waals surface area contributed by atoms with E-state index >= 15 is 0 Å². The first-order valence-electron chi connectivity index (χ1n) is 8.78. The van der Waals surface area contributed by atoms with Gasteiger partial charge in [-0.25, -0.2) is 4.98 Å². The summed E-state index contributed by atoms with van der Waals surface area (Å²) in [6, 6.07) is 1.80. The number of aromatic nitrogens is 3. The average molecular weight is 345 g/mol. The summed E-state index contributed by atoms with van der Waals surface area (Å²) in [4.78, 5) is 18.4. The van der Waals surface area contributed by atoms with Gasteiger partial charge in [0, 0.05) is 30.0 Å². The van der Waals surface area contributed by atoms with E-state index in [1.165, 1.54) is 0 Å². The molecule has 1 aliphatic rings. The Bertz CT molecular complexity index is 756. The van der Waals surface area contributed by atoms with Gasteiger partial charge in [-0.3, -0.25) is 14.8 Å². The number of nitrogens with one attached hydrogen (secondary N) is 1. The molecule has 1 atom stereocenters. The van der Waals surface area contributed by atoms with Crippen molar-refractivity contribution in [2.24, 2.45) is 5.73 Å². The van der Waals surface area contributed by atoms with E-state index in [2.05, 4.69) is 40.9 Å². The molecule has 3 rings (SSSR count). The molecule has 7 heteroatoms. The lowest BCUT2D eigenvalue weighted by Gasteiger charge is -2.31. The number of aryl methyl sites for hydroxylation is 1. The summed E-state index contributed by atoms with van der Waals surface area (Å²) in [6.07, 6.45) is 2.20. The first-order chi connectivity index (χ1) is 11.7. The van der Waals surface area contributed by atoms with Gasteiger partial charge in [-0.05, 0) is 32.4 Å². The Labute approximate surface area is 148 Å². The van der Waals surface area contributed by atoms with Crippen molar-refractivity contribution in [3.8, 4) is 0 Å². The summed E-state index contributed by atoms with van der Waals surface area (Å²) >= 11 is 0. The molecule has 1 amide bonds. The van der Waals surface area contributed by atoms with Gasteiger partial charge in [-0.15, -0.1) is 0 Å². The highest BCUT2D eigenvalue weighted by Gasteiger charge is 2.29. The van der Waals surface area contributed by atoms with E-state index in [-0.39, 0.29) is 11.2 Å². The number of carbonyl (C=O) groups is 1. The standard InChI is InChI=1S/C18H27N5O2/c1-11-20-17(22-21-11)12-6-5-7-23(9-12)10-13-8-14(16(19)24)25-15(13)18(2,3)4/h8,12H,5-7,9-10H2,1-4H3,(H2,19,24)(H,20,21,22)/t12-/m1/s1. The number of piperidine rings is 1. The molecule has 25 heavy (non-hydrogen) atoms. The van der Waals surface area contributed by atoms with Crippen molar-refractivity contribution < 1.29 is 9.21 Å².